The van der Waals surface area contributed by atoms with Crippen molar-refractivity contribution in [3.63, 3.8) is 0 Å². The average molecular weight is 1010 g/mol. The molecule has 0 radical (unpaired) electrons. The third-order valence-corrected chi connectivity index (χ3v) is 12.1. The fraction of sp³-hybridized carbons (Fsp3) is 0.627. The molecule has 0 aromatic carbocycles. The normalized spacial score (nSPS) is 13.1. The maximum atomic E-state index is 12.9. The molecule has 6 heteroatoms. The van der Waals surface area contributed by atoms with E-state index in [1.54, 1.807) is 0 Å². The Balaban J connectivity index is 4.54. The molecule has 0 aliphatic carbocycles. The van der Waals surface area contributed by atoms with Crippen LogP contribution < -0.4 is 0 Å². The lowest BCUT2D eigenvalue weighted by molar-refractivity contribution is -0.167. The van der Waals surface area contributed by atoms with E-state index in [1.807, 2.05) is 0 Å². The van der Waals surface area contributed by atoms with Gasteiger partial charge in [-0.3, -0.25) is 14.4 Å². The van der Waals surface area contributed by atoms with Crippen LogP contribution in [0.1, 0.15) is 252 Å². The molecule has 412 valence electrons. The quantitative estimate of drug-likeness (QED) is 0.0261. The molecule has 1 unspecified atom stereocenters. The first-order chi connectivity index (χ1) is 36.0. The Morgan fingerprint density at radius 2 is 0.548 bits per heavy atom. The molecule has 0 fully saturated rings. The van der Waals surface area contributed by atoms with Gasteiger partial charge in [0.25, 0.3) is 0 Å². The minimum Gasteiger partial charge on any atom is -0.462 e. The summed E-state index contributed by atoms with van der Waals surface area (Å²) in [5.74, 6) is -1.01. The van der Waals surface area contributed by atoms with Crippen LogP contribution in [0.3, 0.4) is 0 Å². The highest BCUT2D eigenvalue weighted by Gasteiger charge is 2.19. The smallest absolute Gasteiger partial charge is 0.306 e. The molecule has 0 spiro atoms. The van der Waals surface area contributed by atoms with Crippen molar-refractivity contribution < 1.29 is 28.6 Å². The van der Waals surface area contributed by atoms with Gasteiger partial charge in [0.2, 0.25) is 0 Å². The predicted molar refractivity (Wildman–Crippen MR) is 316 cm³/mol. The van der Waals surface area contributed by atoms with Gasteiger partial charge in [0, 0.05) is 19.3 Å². The van der Waals surface area contributed by atoms with E-state index < -0.39 is 6.10 Å². The first-order valence-corrected chi connectivity index (χ1v) is 29.7. The fourth-order valence-electron chi connectivity index (χ4n) is 7.73. The Labute approximate surface area is 449 Å². The van der Waals surface area contributed by atoms with Gasteiger partial charge >= 0.3 is 17.9 Å². The van der Waals surface area contributed by atoms with Gasteiger partial charge in [0.1, 0.15) is 13.2 Å². The van der Waals surface area contributed by atoms with Gasteiger partial charge in [-0.1, -0.05) is 238 Å². The molecule has 0 aromatic rings. The summed E-state index contributed by atoms with van der Waals surface area (Å²) >= 11 is 0. The third kappa shape index (κ3) is 58.3. The second kappa shape index (κ2) is 60.1. The molecule has 0 bridgehead atoms. The van der Waals surface area contributed by atoms with Gasteiger partial charge < -0.3 is 14.2 Å². The molecule has 0 aliphatic rings. The third-order valence-electron chi connectivity index (χ3n) is 12.1. The molecule has 1 atom stereocenters. The minimum atomic E-state index is -0.821. The summed E-state index contributed by atoms with van der Waals surface area (Å²) in [5, 5.41) is 0. The molecule has 6 nitrogen and oxygen atoms in total. The van der Waals surface area contributed by atoms with Crippen LogP contribution >= 0.6 is 0 Å². The van der Waals surface area contributed by atoms with Gasteiger partial charge in [-0.25, -0.2) is 0 Å². The highest BCUT2D eigenvalue weighted by atomic mass is 16.6. The molecule has 73 heavy (non-hydrogen) atoms. The molecule has 0 rings (SSSR count). The van der Waals surface area contributed by atoms with Gasteiger partial charge in [-0.05, 0) is 128 Å². The van der Waals surface area contributed by atoms with Gasteiger partial charge in [-0.15, -0.1) is 0 Å². The fourth-order valence-corrected chi connectivity index (χ4v) is 7.73. The molecular formula is C67H108O6. The number of unbranched alkanes of at least 4 members (excludes halogenated alkanes) is 19. The minimum absolute atomic E-state index is 0.117. The number of carbonyl (C=O) groups is 3. The lowest BCUT2D eigenvalue weighted by Crippen LogP contribution is -2.30. The summed E-state index contributed by atoms with van der Waals surface area (Å²) < 4.78 is 16.8. The summed E-state index contributed by atoms with van der Waals surface area (Å²) in [6.45, 7) is 6.33. The summed E-state index contributed by atoms with van der Waals surface area (Å²) in [4.78, 5) is 38.2. The van der Waals surface area contributed by atoms with Crippen LogP contribution in [0.15, 0.2) is 134 Å². The Bertz CT molecular complexity index is 1580. The van der Waals surface area contributed by atoms with E-state index in [1.165, 1.54) is 83.5 Å². The zero-order valence-electron chi connectivity index (χ0n) is 47.1. The van der Waals surface area contributed by atoms with Crippen LogP contribution in [0.25, 0.3) is 0 Å². The topological polar surface area (TPSA) is 78.9 Å². The van der Waals surface area contributed by atoms with Crippen molar-refractivity contribution in [3.8, 4) is 0 Å². The number of ether oxygens (including phenoxy) is 3. The molecule has 0 saturated heterocycles. The van der Waals surface area contributed by atoms with Crippen molar-refractivity contribution in [2.24, 2.45) is 0 Å². The molecular weight excluding hydrogens is 901 g/mol. The summed E-state index contributed by atoms with van der Waals surface area (Å²) in [6.07, 6.45) is 84.5. The van der Waals surface area contributed by atoms with Crippen molar-refractivity contribution in [3.05, 3.63) is 134 Å². The van der Waals surface area contributed by atoms with Crippen LogP contribution in [0, 0.1) is 0 Å². The number of allylic oxidation sites excluding steroid dienone is 22. The number of hydrogen-bond donors (Lipinski definition) is 0. The van der Waals surface area contributed by atoms with Crippen LogP contribution in [-0.2, 0) is 28.6 Å². The number of rotatable bonds is 52. The molecule has 0 aromatic heterocycles. The largest absolute Gasteiger partial charge is 0.462 e. The van der Waals surface area contributed by atoms with E-state index in [0.29, 0.717) is 19.3 Å². The molecule has 0 heterocycles. The van der Waals surface area contributed by atoms with Crippen LogP contribution in [0.4, 0.5) is 0 Å². The van der Waals surface area contributed by atoms with Crippen molar-refractivity contribution in [2.45, 2.75) is 258 Å². The molecule has 0 aliphatic heterocycles. The van der Waals surface area contributed by atoms with E-state index in [9.17, 15) is 14.4 Å². The van der Waals surface area contributed by atoms with E-state index >= 15 is 0 Å². The Morgan fingerprint density at radius 3 is 0.904 bits per heavy atom. The van der Waals surface area contributed by atoms with Gasteiger partial charge in [-0.2, -0.15) is 0 Å². The van der Waals surface area contributed by atoms with E-state index in [4.69, 9.17) is 14.2 Å². The first kappa shape index (κ1) is 68.6. The number of carbonyl (C=O) groups excluding carboxylic acids is 3. The standard InChI is InChI=1S/C67H108O6/c1-4-7-10-13-16-19-22-25-28-31-33-36-39-42-45-48-51-54-57-60-66(69)72-63-64(62-71-65(68)59-56-53-50-47-44-41-38-35-30-27-24-21-18-15-12-9-6-3)73-67(70)61-58-55-52-49-46-43-40-37-34-32-29-26-23-20-17-14-11-8-5-2/h7-8,10-11,16-17,19-20,25-30,33,36,38,41-42,45,47,50,64H,4-6,9,12-15,18,21-24,31-32,34-35,37,39-40,43-44,46,48-49,51-63H2,1-3H3/b10-7-,11-8-,19-16-,20-17-,28-25-,29-26-,30-27-,36-33-,41-38-,45-42-,50-47-. The van der Waals surface area contributed by atoms with E-state index in [0.717, 1.165) is 122 Å². The Morgan fingerprint density at radius 1 is 0.288 bits per heavy atom. The highest BCUT2D eigenvalue weighted by Crippen LogP contribution is 2.14. The molecule has 0 N–H and O–H groups in total. The lowest BCUT2D eigenvalue weighted by Gasteiger charge is -2.18. The Hall–Kier alpha value is -4.45. The molecule has 0 amide bonds. The summed E-state index contributed by atoms with van der Waals surface area (Å²) in [5.41, 5.74) is 0. The van der Waals surface area contributed by atoms with Crippen molar-refractivity contribution in [1.82, 2.24) is 0 Å². The van der Waals surface area contributed by atoms with Crippen LogP contribution in [0.2, 0.25) is 0 Å². The maximum Gasteiger partial charge on any atom is 0.306 e. The Kier molecular flexibility index (Phi) is 56.4. The second-order valence-corrected chi connectivity index (χ2v) is 19.1. The maximum absolute atomic E-state index is 12.9. The zero-order valence-corrected chi connectivity index (χ0v) is 47.1. The number of esters is 3. The first-order valence-electron chi connectivity index (χ1n) is 29.7. The van der Waals surface area contributed by atoms with Crippen LogP contribution in [0.5, 0.6) is 0 Å². The SMILES string of the molecule is CC/C=C\C/C=C\C/C=C\C/C=C\C/C=C\CCCCCC(=O)OCC(COC(=O)CCC/C=C\C/C=C\C/C=C\CCCCCCCC)OC(=O)CCCCCCCCCCC/C=C\C/C=C\C/C=C\CC. The number of hydrogen-bond acceptors (Lipinski definition) is 6. The summed E-state index contributed by atoms with van der Waals surface area (Å²) in [7, 11) is 0. The summed E-state index contributed by atoms with van der Waals surface area (Å²) in [6, 6.07) is 0. The van der Waals surface area contributed by atoms with Crippen LogP contribution in [-0.4, -0.2) is 37.2 Å². The second-order valence-electron chi connectivity index (χ2n) is 19.1. The van der Waals surface area contributed by atoms with Gasteiger partial charge in [0.05, 0.1) is 0 Å². The zero-order chi connectivity index (χ0) is 52.9. The average Bonchev–Trinajstić information content (AvgIpc) is 3.39. The monoisotopic (exact) mass is 1010 g/mol. The van der Waals surface area contributed by atoms with Crippen molar-refractivity contribution in [2.75, 3.05) is 13.2 Å². The highest BCUT2D eigenvalue weighted by molar-refractivity contribution is 5.71. The molecule has 0 saturated carbocycles. The van der Waals surface area contributed by atoms with Crippen molar-refractivity contribution >= 4 is 17.9 Å². The van der Waals surface area contributed by atoms with E-state index in [2.05, 4.69) is 154 Å². The lowest BCUT2D eigenvalue weighted by atomic mass is 10.1. The van der Waals surface area contributed by atoms with Gasteiger partial charge in [0.15, 0.2) is 6.10 Å². The predicted octanol–water partition coefficient (Wildman–Crippen LogP) is 20.2. The van der Waals surface area contributed by atoms with Crippen molar-refractivity contribution in [1.29, 1.82) is 0 Å². The van der Waals surface area contributed by atoms with E-state index in [-0.39, 0.29) is 37.5 Å².